The summed E-state index contributed by atoms with van der Waals surface area (Å²) in [4.78, 5) is 0. The van der Waals surface area contributed by atoms with Crippen molar-refractivity contribution in [3.8, 4) is 0 Å². The van der Waals surface area contributed by atoms with Crippen LogP contribution in [0.3, 0.4) is 0 Å². The summed E-state index contributed by atoms with van der Waals surface area (Å²) in [5, 5.41) is 13.1. The van der Waals surface area contributed by atoms with Gasteiger partial charge in [0.1, 0.15) is 0 Å². The van der Waals surface area contributed by atoms with Gasteiger partial charge in [0.25, 0.3) is 0 Å². The molecule has 66 valence electrons. The van der Waals surface area contributed by atoms with Gasteiger partial charge in [-0.3, -0.25) is 0 Å². The standard InChI is InChI=1S/C9H19NO/c1-9(2,3)8(11)7-5-4-6-10-7/h7-8,10-11H,4-6H2,1-3H3/t7-,8+/m1/s1. The summed E-state index contributed by atoms with van der Waals surface area (Å²) in [6, 6.07) is 0.329. The average Bonchev–Trinajstić information content (AvgIpc) is 2.34. The minimum Gasteiger partial charge on any atom is -0.391 e. The van der Waals surface area contributed by atoms with E-state index >= 15 is 0 Å². The topological polar surface area (TPSA) is 32.3 Å². The van der Waals surface area contributed by atoms with Gasteiger partial charge < -0.3 is 10.4 Å². The molecule has 1 aliphatic rings. The summed E-state index contributed by atoms with van der Waals surface area (Å²) in [5.41, 5.74) is 0.0159. The molecule has 1 fully saturated rings. The second-order valence-electron chi connectivity index (χ2n) is 4.51. The fourth-order valence-corrected chi connectivity index (χ4v) is 1.58. The summed E-state index contributed by atoms with van der Waals surface area (Å²) in [5.74, 6) is 0. The van der Waals surface area contributed by atoms with Crippen molar-refractivity contribution >= 4 is 0 Å². The highest BCUT2D eigenvalue weighted by molar-refractivity contribution is 4.87. The van der Waals surface area contributed by atoms with Crippen molar-refractivity contribution in [1.29, 1.82) is 0 Å². The Morgan fingerprint density at radius 2 is 2.09 bits per heavy atom. The Labute approximate surface area is 69.0 Å². The molecule has 0 unspecified atom stereocenters. The molecule has 1 rings (SSSR count). The average molecular weight is 157 g/mol. The molecule has 1 aliphatic heterocycles. The Bertz CT molecular complexity index is 122. The summed E-state index contributed by atoms with van der Waals surface area (Å²) >= 11 is 0. The number of aliphatic hydroxyl groups excluding tert-OH is 1. The van der Waals surface area contributed by atoms with E-state index in [-0.39, 0.29) is 11.5 Å². The molecule has 2 atom stereocenters. The maximum atomic E-state index is 9.82. The quantitative estimate of drug-likeness (QED) is 0.598. The van der Waals surface area contributed by atoms with E-state index in [4.69, 9.17) is 0 Å². The fourth-order valence-electron chi connectivity index (χ4n) is 1.58. The van der Waals surface area contributed by atoms with Crippen LogP contribution in [0.15, 0.2) is 0 Å². The lowest BCUT2D eigenvalue weighted by Crippen LogP contribution is -2.43. The molecule has 0 aromatic carbocycles. The zero-order valence-corrected chi connectivity index (χ0v) is 7.72. The molecule has 2 N–H and O–H groups in total. The van der Waals surface area contributed by atoms with Crippen LogP contribution in [-0.2, 0) is 0 Å². The third kappa shape index (κ3) is 2.17. The summed E-state index contributed by atoms with van der Waals surface area (Å²) < 4.78 is 0. The van der Waals surface area contributed by atoms with Crippen LogP contribution in [0.5, 0.6) is 0 Å². The first-order valence-electron chi connectivity index (χ1n) is 4.43. The molecule has 0 aromatic rings. The van der Waals surface area contributed by atoms with E-state index in [2.05, 4.69) is 26.1 Å². The van der Waals surface area contributed by atoms with Gasteiger partial charge in [-0.2, -0.15) is 0 Å². The van der Waals surface area contributed by atoms with E-state index in [1.165, 1.54) is 6.42 Å². The van der Waals surface area contributed by atoms with Crippen LogP contribution in [0.1, 0.15) is 33.6 Å². The molecular formula is C9H19NO. The Balaban J connectivity index is 2.46. The Morgan fingerprint density at radius 3 is 2.45 bits per heavy atom. The van der Waals surface area contributed by atoms with Gasteiger partial charge in [0, 0.05) is 6.04 Å². The van der Waals surface area contributed by atoms with Crippen molar-refractivity contribution in [2.24, 2.45) is 5.41 Å². The zero-order chi connectivity index (χ0) is 8.48. The van der Waals surface area contributed by atoms with Gasteiger partial charge in [0.15, 0.2) is 0 Å². The molecule has 2 heteroatoms. The van der Waals surface area contributed by atoms with Crippen molar-refractivity contribution in [3.63, 3.8) is 0 Å². The van der Waals surface area contributed by atoms with E-state index < -0.39 is 0 Å². The number of rotatable bonds is 1. The maximum absolute atomic E-state index is 9.82. The second kappa shape index (κ2) is 3.11. The SMILES string of the molecule is CC(C)(C)[C@@H](O)[C@H]1CCCN1. The predicted octanol–water partition coefficient (Wildman–Crippen LogP) is 1.15. The third-order valence-electron chi connectivity index (χ3n) is 2.37. The number of hydrogen-bond donors (Lipinski definition) is 2. The van der Waals surface area contributed by atoms with Crippen LogP contribution in [0.4, 0.5) is 0 Å². The van der Waals surface area contributed by atoms with Crippen molar-refractivity contribution in [2.75, 3.05) is 6.54 Å². The van der Waals surface area contributed by atoms with Crippen LogP contribution in [0.2, 0.25) is 0 Å². The molecule has 0 amide bonds. The van der Waals surface area contributed by atoms with Crippen molar-refractivity contribution in [3.05, 3.63) is 0 Å². The maximum Gasteiger partial charge on any atom is 0.0741 e. The Morgan fingerprint density at radius 1 is 1.45 bits per heavy atom. The molecule has 11 heavy (non-hydrogen) atoms. The van der Waals surface area contributed by atoms with Gasteiger partial charge in [-0.1, -0.05) is 20.8 Å². The second-order valence-corrected chi connectivity index (χ2v) is 4.51. The van der Waals surface area contributed by atoms with Crippen LogP contribution < -0.4 is 5.32 Å². The van der Waals surface area contributed by atoms with Gasteiger partial charge in [0.05, 0.1) is 6.10 Å². The Hall–Kier alpha value is -0.0800. The molecule has 1 saturated heterocycles. The highest BCUT2D eigenvalue weighted by atomic mass is 16.3. The molecule has 0 radical (unpaired) electrons. The first kappa shape index (κ1) is 9.01. The number of nitrogens with one attached hydrogen (secondary N) is 1. The molecule has 0 aliphatic carbocycles. The highest BCUT2D eigenvalue weighted by Gasteiger charge is 2.31. The molecule has 1 heterocycles. The van der Waals surface area contributed by atoms with E-state index in [0.29, 0.717) is 6.04 Å². The largest absolute Gasteiger partial charge is 0.391 e. The van der Waals surface area contributed by atoms with E-state index in [1.54, 1.807) is 0 Å². The van der Waals surface area contributed by atoms with Crippen LogP contribution >= 0.6 is 0 Å². The monoisotopic (exact) mass is 157 g/mol. The Kier molecular flexibility index (Phi) is 2.55. The summed E-state index contributed by atoms with van der Waals surface area (Å²) in [6.45, 7) is 7.31. The third-order valence-corrected chi connectivity index (χ3v) is 2.37. The zero-order valence-electron chi connectivity index (χ0n) is 7.72. The van der Waals surface area contributed by atoms with Crippen molar-refractivity contribution in [1.82, 2.24) is 5.32 Å². The first-order valence-corrected chi connectivity index (χ1v) is 4.43. The highest BCUT2D eigenvalue weighted by Crippen LogP contribution is 2.25. The van der Waals surface area contributed by atoms with Gasteiger partial charge in [-0.25, -0.2) is 0 Å². The van der Waals surface area contributed by atoms with Gasteiger partial charge in [0.2, 0.25) is 0 Å². The van der Waals surface area contributed by atoms with Gasteiger partial charge >= 0.3 is 0 Å². The van der Waals surface area contributed by atoms with E-state index in [0.717, 1.165) is 13.0 Å². The van der Waals surface area contributed by atoms with Crippen LogP contribution in [0.25, 0.3) is 0 Å². The molecule has 0 spiro atoms. The van der Waals surface area contributed by atoms with Gasteiger partial charge in [-0.15, -0.1) is 0 Å². The lowest BCUT2D eigenvalue weighted by atomic mass is 9.84. The predicted molar refractivity (Wildman–Crippen MR) is 46.5 cm³/mol. The fraction of sp³-hybridized carbons (Fsp3) is 1.00. The van der Waals surface area contributed by atoms with Crippen LogP contribution in [-0.4, -0.2) is 23.8 Å². The molecule has 0 saturated carbocycles. The molecule has 0 aromatic heterocycles. The smallest absolute Gasteiger partial charge is 0.0741 e. The van der Waals surface area contributed by atoms with Crippen LogP contribution in [0, 0.1) is 5.41 Å². The van der Waals surface area contributed by atoms with Crippen molar-refractivity contribution < 1.29 is 5.11 Å². The van der Waals surface area contributed by atoms with Crippen molar-refractivity contribution in [2.45, 2.75) is 45.8 Å². The minimum absolute atomic E-state index is 0.0159. The number of hydrogen-bond acceptors (Lipinski definition) is 2. The molecule has 0 bridgehead atoms. The first-order chi connectivity index (χ1) is 5.02. The lowest BCUT2D eigenvalue weighted by Gasteiger charge is -2.30. The lowest BCUT2D eigenvalue weighted by molar-refractivity contribution is 0.0347. The molecule has 2 nitrogen and oxygen atoms in total. The number of aliphatic hydroxyl groups is 1. The molecular weight excluding hydrogens is 138 g/mol. The minimum atomic E-state index is -0.204. The van der Waals surface area contributed by atoms with E-state index in [9.17, 15) is 5.11 Å². The van der Waals surface area contributed by atoms with Gasteiger partial charge in [-0.05, 0) is 24.8 Å². The van der Waals surface area contributed by atoms with E-state index in [1.807, 2.05) is 0 Å². The summed E-state index contributed by atoms with van der Waals surface area (Å²) in [7, 11) is 0. The normalized spacial score (nSPS) is 28.9. The summed E-state index contributed by atoms with van der Waals surface area (Å²) in [6.07, 6.45) is 2.13.